The summed E-state index contributed by atoms with van der Waals surface area (Å²) in [7, 11) is 2.76. The Morgan fingerprint density at radius 1 is 1.00 bits per heavy atom. The second kappa shape index (κ2) is 39.3. The minimum Gasteiger partial charge on any atom is -0.211 e. The molecule has 0 radical (unpaired) electrons. The van der Waals surface area contributed by atoms with Gasteiger partial charge in [0.1, 0.15) is 0 Å². The molecule has 0 aliphatic rings. The molecule has 0 fully saturated rings. The van der Waals surface area contributed by atoms with Crippen LogP contribution in [0.5, 0.6) is 0 Å². The standard InChI is InChI=1S/2C2H3NO.H2S2/c2*1-3-2-4;1-2/h2*1H3;1-2H. The molecular formula is C4H8N2O2S2. The van der Waals surface area contributed by atoms with Gasteiger partial charge in [-0.25, -0.2) is 19.6 Å². The Labute approximate surface area is 69.7 Å². The largest absolute Gasteiger partial charge is 0.234 e. The van der Waals surface area contributed by atoms with Gasteiger partial charge in [-0.3, -0.25) is 0 Å². The van der Waals surface area contributed by atoms with Gasteiger partial charge in [0, 0.05) is 14.1 Å². The molecule has 0 atom stereocenters. The van der Waals surface area contributed by atoms with Crippen molar-refractivity contribution in [3.8, 4) is 0 Å². The third kappa shape index (κ3) is 146. The lowest BCUT2D eigenvalue weighted by Gasteiger charge is -1.36. The summed E-state index contributed by atoms with van der Waals surface area (Å²) in [6.45, 7) is 0. The second-order valence-electron chi connectivity index (χ2n) is 0.630. The maximum Gasteiger partial charge on any atom is 0.234 e. The first-order valence-electron chi connectivity index (χ1n) is 1.95. The van der Waals surface area contributed by atoms with Crippen molar-refractivity contribution in [3.05, 3.63) is 0 Å². The highest BCUT2D eigenvalue weighted by molar-refractivity contribution is 8.59. The van der Waals surface area contributed by atoms with Crippen molar-refractivity contribution in [3.63, 3.8) is 0 Å². The van der Waals surface area contributed by atoms with Crippen molar-refractivity contribution in [1.82, 2.24) is 0 Å². The van der Waals surface area contributed by atoms with Crippen LogP contribution in [0.1, 0.15) is 0 Å². The van der Waals surface area contributed by atoms with Gasteiger partial charge in [-0.05, 0) is 0 Å². The van der Waals surface area contributed by atoms with E-state index in [0.717, 1.165) is 0 Å². The van der Waals surface area contributed by atoms with Crippen LogP contribution in [0.3, 0.4) is 0 Å². The molecule has 10 heavy (non-hydrogen) atoms. The van der Waals surface area contributed by atoms with Crippen molar-refractivity contribution >= 4 is 35.5 Å². The molecule has 58 valence electrons. The summed E-state index contributed by atoms with van der Waals surface area (Å²) in [5.41, 5.74) is 0. The topological polar surface area (TPSA) is 58.9 Å². The van der Waals surface area contributed by atoms with E-state index < -0.39 is 0 Å². The van der Waals surface area contributed by atoms with Gasteiger partial charge in [0.2, 0.25) is 12.2 Å². The zero-order valence-electron chi connectivity index (χ0n) is 5.61. The Hall–Kier alpha value is -0.540. The summed E-state index contributed by atoms with van der Waals surface area (Å²) in [5.74, 6) is 0. The molecule has 0 saturated heterocycles. The van der Waals surface area contributed by atoms with E-state index in [0.29, 0.717) is 0 Å². The van der Waals surface area contributed by atoms with Crippen molar-refractivity contribution in [2.45, 2.75) is 0 Å². The Balaban J connectivity index is -0.0000000787. The van der Waals surface area contributed by atoms with Gasteiger partial charge in [0.25, 0.3) is 0 Å². The minimum atomic E-state index is 1.31. The fraction of sp³-hybridized carbons (Fsp3) is 0.500. The van der Waals surface area contributed by atoms with E-state index >= 15 is 0 Å². The monoisotopic (exact) mass is 180 g/mol. The average Bonchev–Trinajstić information content (AvgIpc) is 2.08. The van der Waals surface area contributed by atoms with E-state index in [1.54, 1.807) is 0 Å². The average molecular weight is 180 g/mol. The number of carbonyl (C=O) groups excluding carboxylic acids is 2. The SMILES string of the molecule is CN=C=O.CN=C=O.SS. The molecule has 0 aromatic carbocycles. The van der Waals surface area contributed by atoms with Gasteiger partial charge < -0.3 is 0 Å². The molecule has 6 heteroatoms. The van der Waals surface area contributed by atoms with Crippen molar-refractivity contribution in [2.75, 3.05) is 14.1 Å². The Bertz CT molecular complexity index is 111. The number of thiol groups is 2. The quantitative estimate of drug-likeness (QED) is 0.249. The van der Waals surface area contributed by atoms with E-state index in [4.69, 9.17) is 9.59 Å². The minimum absolute atomic E-state index is 1.31. The molecule has 0 heterocycles. The van der Waals surface area contributed by atoms with Gasteiger partial charge in [0.05, 0.1) is 0 Å². The zero-order chi connectivity index (χ0) is 8.83. The van der Waals surface area contributed by atoms with E-state index in [2.05, 4.69) is 33.3 Å². The predicted molar refractivity (Wildman–Crippen MR) is 46.1 cm³/mol. The molecule has 0 aliphatic heterocycles. The smallest absolute Gasteiger partial charge is 0.211 e. The van der Waals surface area contributed by atoms with Crippen LogP contribution in [0.2, 0.25) is 0 Å². The van der Waals surface area contributed by atoms with Crippen LogP contribution in [-0.4, -0.2) is 26.3 Å². The number of hydrogen-bond acceptors (Lipinski definition) is 6. The fourth-order valence-corrected chi connectivity index (χ4v) is 0. The molecule has 0 bridgehead atoms. The molecule has 0 unspecified atom stereocenters. The molecule has 0 aromatic rings. The second-order valence-corrected chi connectivity index (χ2v) is 0.630. The summed E-state index contributed by atoms with van der Waals surface area (Å²) in [5, 5.41) is 0. The highest BCUT2D eigenvalue weighted by atomic mass is 33.1. The summed E-state index contributed by atoms with van der Waals surface area (Å²) < 4.78 is 0. The number of isocyanates is 2. The molecule has 0 spiro atoms. The lowest BCUT2D eigenvalue weighted by atomic mass is 11.4. The van der Waals surface area contributed by atoms with E-state index in [-0.39, 0.29) is 0 Å². The number of rotatable bonds is 0. The molecule has 0 aromatic heterocycles. The molecule has 0 amide bonds. The molecule has 0 rings (SSSR count). The fourth-order valence-electron chi connectivity index (χ4n) is 0. The van der Waals surface area contributed by atoms with E-state index in [1.807, 2.05) is 0 Å². The molecule has 4 nitrogen and oxygen atoms in total. The van der Waals surface area contributed by atoms with Gasteiger partial charge in [0.15, 0.2) is 0 Å². The van der Waals surface area contributed by atoms with Crippen LogP contribution < -0.4 is 0 Å². The van der Waals surface area contributed by atoms with Gasteiger partial charge in [-0.15, -0.1) is 23.3 Å². The summed E-state index contributed by atoms with van der Waals surface area (Å²) in [6, 6.07) is 0. The highest BCUT2D eigenvalue weighted by Crippen LogP contribution is 1.65. The van der Waals surface area contributed by atoms with E-state index in [1.165, 1.54) is 26.3 Å². The lowest BCUT2D eigenvalue weighted by molar-refractivity contribution is 0.564. The molecule has 0 saturated carbocycles. The van der Waals surface area contributed by atoms with Gasteiger partial charge in [-0.1, -0.05) is 0 Å². The Morgan fingerprint density at radius 3 is 1.10 bits per heavy atom. The molecule has 0 N–H and O–H groups in total. The molecular weight excluding hydrogens is 172 g/mol. The van der Waals surface area contributed by atoms with E-state index in [9.17, 15) is 0 Å². The maximum absolute atomic E-state index is 8.88. The zero-order valence-corrected chi connectivity index (χ0v) is 7.39. The van der Waals surface area contributed by atoms with Crippen LogP contribution in [0.4, 0.5) is 0 Å². The van der Waals surface area contributed by atoms with Crippen LogP contribution in [0, 0.1) is 0 Å². The predicted octanol–water partition coefficient (Wildman–Crippen LogP) is 0.665. The van der Waals surface area contributed by atoms with Crippen molar-refractivity contribution in [1.29, 1.82) is 0 Å². The summed E-state index contributed by atoms with van der Waals surface area (Å²) in [6.07, 6.45) is 2.61. The normalized spacial score (nSPS) is 4.00. The van der Waals surface area contributed by atoms with Crippen molar-refractivity contribution < 1.29 is 9.59 Å². The van der Waals surface area contributed by atoms with Gasteiger partial charge in [-0.2, -0.15) is 0 Å². The number of aliphatic imine (C=N–C) groups is 2. The number of nitrogens with zero attached hydrogens (tertiary/aromatic N) is 2. The summed E-state index contributed by atoms with van der Waals surface area (Å²) >= 11 is 6.44. The Kier molecular flexibility index (Phi) is 63.8. The lowest BCUT2D eigenvalue weighted by Crippen LogP contribution is -1.38. The third-order valence-electron chi connectivity index (χ3n) is 0.183. The van der Waals surface area contributed by atoms with Crippen LogP contribution in [0.15, 0.2) is 9.98 Å². The molecule has 0 aliphatic carbocycles. The van der Waals surface area contributed by atoms with Crippen LogP contribution >= 0.6 is 23.3 Å². The highest BCUT2D eigenvalue weighted by Gasteiger charge is 1.29. The maximum atomic E-state index is 8.88. The van der Waals surface area contributed by atoms with Crippen LogP contribution in [-0.2, 0) is 9.59 Å². The number of hydrogen-bond donors (Lipinski definition) is 2. The third-order valence-corrected chi connectivity index (χ3v) is 0.183. The van der Waals surface area contributed by atoms with Gasteiger partial charge >= 0.3 is 0 Å². The first-order chi connectivity index (χ1) is 4.83. The van der Waals surface area contributed by atoms with Crippen LogP contribution in [0.25, 0.3) is 0 Å². The van der Waals surface area contributed by atoms with Crippen molar-refractivity contribution in [2.24, 2.45) is 9.98 Å². The first kappa shape index (κ1) is 16.2. The Morgan fingerprint density at radius 2 is 1.10 bits per heavy atom. The first-order valence-corrected chi connectivity index (χ1v) is 3.55. The summed E-state index contributed by atoms with van der Waals surface area (Å²) in [4.78, 5) is 23.6.